The molecule has 1 aliphatic rings. The Kier molecular flexibility index (Phi) is 5.06. The van der Waals surface area contributed by atoms with Crippen molar-refractivity contribution in [3.05, 3.63) is 29.6 Å². The summed E-state index contributed by atoms with van der Waals surface area (Å²) in [7, 11) is 2.14. The first-order valence-corrected chi connectivity index (χ1v) is 7.48. The summed E-state index contributed by atoms with van der Waals surface area (Å²) in [5.74, 6) is 0.207. The number of nitrogens with zero attached hydrogens (tertiary/aromatic N) is 2. The van der Waals surface area contributed by atoms with Crippen LogP contribution in [0.25, 0.3) is 0 Å². The quantitative estimate of drug-likeness (QED) is 0.784. The van der Waals surface area contributed by atoms with E-state index in [1.165, 1.54) is 0 Å². The molecule has 1 aromatic carbocycles. The number of benzene rings is 1. The fourth-order valence-electron chi connectivity index (χ4n) is 2.78. The molecule has 0 bridgehead atoms. The van der Waals surface area contributed by atoms with E-state index < -0.39 is 0 Å². The molecule has 0 N–H and O–H groups in total. The molecule has 0 amide bonds. The molecule has 106 valence electrons. The van der Waals surface area contributed by atoms with E-state index in [1.54, 1.807) is 6.07 Å². The highest BCUT2D eigenvalue weighted by Crippen LogP contribution is 2.26. The predicted molar refractivity (Wildman–Crippen MR) is 79.5 cm³/mol. The average molecular weight is 285 g/mol. The molecular formula is C15H22ClFN2. The number of halogens is 2. The van der Waals surface area contributed by atoms with E-state index in [2.05, 4.69) is 23.8 Å². The van der Waals surface area contributed by atoms with Crippen molar-refractivity contribution in [2.24, 2.45) is 0 Å². The van der Waals surface area contributed by atoms with Crippen LogP contribution in [0.4, 0.5) is 10.1 Å². The summed E-state index contributed by atoms with van der Waals surface area (Å²) in [4.78, 5) is 4.55. The normalized spacial score (nSPS) is 21.5. The van der Waals surface area contributed by atoms with Gasteiger partial charge >= 0.3 is 0 Å². The number of hydrogen-bond acceptors (Lipinski definition) is 2. The minimum Gasteiger partial charge on any atom is -0.365 e. The summed E-state index contributed by atoms with van der Waals surface area (Å²) in [6.45, 7) is 5.16. The lowest BCUT2D eigenvalue weighted by Crippen LogP contribution is -2.40. The zero-order chi connectivity index (χ0) is 13.8. The van der Waals surface area contributed by atoms with Crippen LogP contribution in [0.2, 0.25) is 0 Å². The number of likely N-dealkylation sites (N-methyl/N-ethyl adjacent to an activating group) is 1. The van der Waals surface area contributed by atoms with Crippen LogP contribution in [-0.2, 0) is 5.88 Å². The van der Waals surface area contributed by atoms with Crippen LogP contribution >= 0.6 is 11.6 Å². The van der Waals surface area contributed by atoms with E-state index >= 15 is 0 Å². The number of anilines is 1. The number of rotatable bonds is 3. The van der Waals surface area contributed by atoms with Crippen LogP contribution in [0.1, 0.15) is 25.3 Å². The number of hydrogen-bond donors (Lipinski definition) is 0. The molecular weight excluding hydrogens is 263 g/mol. The lowest BCUT2D eigenvalue weighted by atomic mass is 10.1. The van der Waals surface area contributed by atoms with Gasteiger partial charge in [-0.15, -0.1) is 11.6 Å². The van der Waals surface area contributed by atoms with Crippen LogP contribution in [0.5, 0.6) is 0 Å². The Morgan fingerprint density at radius 1 is 1.37 bits per heavy atom. The third kappa shape index (κ3) is 3.40. The monoisotopic (exact) mass is 284 g/mol. The van der Waals surface area contributed by atoms with E-state index in [1.807, 2.05) is 12.1 Å². The third-order valence-electron chi connectivity index (χ3n) is 3.85. The van der Waals surface area contributed by atoms with Gasteiger partial charge in [-0.3, -0.25) is 0 Å². The second-order valence-corrected chi connectivity index (χ2v) is 5.56. The van der Waals surface area contributed by atoms with Gasteiger partial charge in [0.25, 0.3) is 0 Å². The standard InChI is InChI=1S/C15H22ClFN2/c1-3-13-11-18(2)7-4-8-19(13)15-6-5-12(10-16)9-14(15)17/h5-6,9,13H,3-4,7-8,10-11H2,1-2H3. The van der Waals surface area contributed by atoms with Gasteiger partial charge in [0.1, 0.15) is 5.82 Å². The SMILES string of the molecule is CCC1CN(C)CCCN1c1ccc(CCl)cc1F. The van der Waals surface area contributed by atoms with Gasteiger partial charge in [0, 0.05) is 25.0 Å². The predicted octanol–water partition coefficient (Wildman–Crippen LogP) is 3.49. The summed E-state index contributed by atoms with van der Waals surface area (Å²) < 4.78 is 14.2. The zero-order valence-corrected chi connectivity index (χ0v) is 12.5. The molecule has 19 heavy (non-hydrogen) atoms. The third-order valence-corrected chi connectivity index (χ3v) is 4.16. The largest absolute Gasteiger partial charge is 0.365 e. The van der Waals surface area contributed by atoms with Crippen LogP contribution in [-0.4, -0.2) is 37.6 Å². The fourth-order valence-corrected chi connectivity index (χ4v) is 2.94. The van der Waals surface area contributed by atoms with Crippen molar-refractivity contribution in [2.75, 3.05) is 31.6 Å². The second-order valence-electron chi connectivity index (χ2n) is 5.29. The first-order valence-electron chi connectivity index (χ1n) is 6.95. The minimum atomic E-state index is -0.152. The van der Waals surface area contributed by atoms with Gasteiger partial charge in [-0.05, 0) is 44.1 Å². The van der Waals surface area contributed by atoms with Gasteiger partial charge in [-0.25, -0.2) is 4.39 Å². The van der Waals surface area contributed by atoms with Gasteiger partial charge in [-0.2, -0.15) is 0 Å². The van der Waals surface area contributed by atoms with E-state index in [4.69, 9.17) is 11.6 Å². The molecule has 1 aromatic rings. The van der Waals surface area contributed by atoms with Gasteiger partial charge in [0.2, 0.25) is 0 Å². The van der Waals surface area contributed by atoms with Crippen LogP contribution in [0, 0.1) is 5.82 Å². The topological polar surface area (TPSA) is 6.48 Å². The first kappa shape index (κ1) is 14.6. The van der Waals surface area contributed by atoms with Crippen LogP contribution < -0.4 is 4.90 Å². The summed E-state index contributed by atoms with van der Waals surface area (Å²) in [5.41, 5.74) is 1.55. The van der Waals surface area contributed by atoms with Crippen molar-refractivity contribution in [3.8, 4) is 0 Å². The zero-order valence-electron chi connectivity index (χ0n) is 11.7. The molecule has 1 heterocycles. The molecule has 0 aromatic heterocycles. The Morgan fingerprint density at radius 2 is 2.16 bits per heavy atom. The maximum Gasteiger partial charge on any atom is 0.146 e. The molecule has 2 rings (SSSR count). The molecule has 0 aliphatic carbocycles. The average Bonchev–Trinajstić information content (AvgIpc) is 2.60. The molecule has 0 spiro atoms. The van der Waals surface area contributed by atoms with Gasteiger partial charge in [0.15, 0.2) is 0 Å². The van der Waals surface area contributed by atoms with Crippen molar-refractivity contribution in [3.63, 3.8) is 0 Å². The Bertz CT molecular complexity index is 425. The van der Waals surface area contributed by atoms with E-state index in [9.17, 15) is 4.39 Å². The van der Waals surface area contributed by atoms with E-state index in [0.717, 1.165) is 43.7 Å². The van der Waals surface area contributed by atoms with E-state index in [-0.39, 0.29) is 5.82 Å². The second kappa shape index (κ2) is 6.58. The fraction of sp³-hybridized carbons (Fsp3) is 0.600. The minimum absolute atomic E-state index is 0.152. The van der Waals surface area contributed by atoms with Gasteiger partial charge in [-0.1, -0.05) is 13.0 Å². The highest BCUT2D eigenvalue weighted by molar-refractivity contribution is 6.17. The van der Waals surface area contributed by atoms with Gasteiger partial charge in [0.05, 0.1) is 5.69 Å². The molecule has 1 fully saturated rings. The molecule has 4 heteroatoms. The van der Waals surface area contributed by atoms with Crippen molar-refractivity contribution < 1.29 is 4.39 Å². The lowest BCUT2D eigenvalue weighted by molar-refractivity contribution is 0.327. The Balaban J connectivity index is 2.27. The summed E-state index contributed by atoms with van der Waals surface area (Å²) >= 11 is 5.75. The number of alkyl halides is 1. The highest BCUT2D eigenvalue weighted by atomic mass is 35.5. The Labute approximate surface area is 120 Å². The molecule has 1 atom stereocenters. The molecule has 0 radical (unpaired) electrons. The van der Waals surface area contributed by atoms with Crippen molar-refractivity contribution in [2.45, 2.75) is 31.7 Å². The van der Waals surface area contributed by atoms with Gasteiger partial charge < -0.3 is 9.80 Å². The van der Waals surface area contributed by atoms with Crippen molar-refractivity contribution in [1.29, 1.82) is 0 Å². The lowest BCUT2D eigenvalue weighted by Gasteiger charge is -2.32. The van der Waals surface area contributed by atoms with Crippen LogP contribution in [0.15, 0.2) is 18.2 Å². The molecule has 1 unspecified atom stereocenters. The molecule has 2 nitrogen and oxygen atoms in total. The molecule has 1 aliphatic heterocycles. The first-order chi connectivity index (χ1) is 9.15. The summed E-state index contributed by atoms with van der Waals surface area (Å²) in [6.07, 6.45) is 2.10. The summed E-state index contributed by atoms with van der Waals surface area (Å²) in [5, 5.41) is 0. The summed E-state index contributed by atoms with van der Waals surface area (Å²) in [6, 6.07) is 5.74. The Hall–Kier alpha value is -0.800. The highest BCUT2D eigenvalue weighted by Gasteiger charge is 2.24. The maximum atomic E-state index is 14.2. The smallest absolute Gasteiger partial charge is 0.146 e. The van der Waals surface area contributed by atoms with Crippen molar-refractivity contribution in [1.82, 2.24) is 4.90 Å². The maximum absolute atomic E-state index is 14.2. The van der Waals surface area contributed by atoms with Crippen molar-refractivity contribution >= 4 is 17.3 Å². The Morgan fingerprint density at radius 3 is 2.79 bits per heavy atom. The molecule has 0 saturated carbocycles. The van der Waals surface area contributed by atoms with E-state index in [0.29, 0.717) is 11.9 Å². The molecule has 1 saturated heterocycles. The van der Waals surface area contributed by atoms with Crippen LogP contribution in [0.3, 0.4) is 0 Å².